The maximum atomic E-state index is 12.9. The number of anilines is 1. The first-order valence-corrected chi connectivity index (χ1v) is 14.1. The number of carbonyl (C=O) groups is 2. The molecule has 1 atom stereocenters. The number of rotatable bonds is 7. The standard InChI is InChI=1S/C27H33N3O4S2/c1-6-30-24(32)17-9-7-8-10-19(17)28-26(30)35-14-13-21(31)29-23-22(25(33)34-5)18-12-11-16(27(2,3)4)15-20(18)36-23/h7-10,16H,6,11-15H2,1-5H3,(H,29,31). The van der Waals surface area contributed by atoms with Crippen LogP contribution >= 0.6 is 23.1 Å². The van der Waals surface area contributed by atoms with Crippen molar-refractivity contribution in [1.29, 1.82) is 0 Å². The van der Waals surface area contributed by atoms with Gasteiger partial charge in [0.05, 0.1) is 23.6 Å². The van der Waals surface area contributed by atoms with Crippen molar-refractivity contribution in [2.45, 2.75) is 65.1 Å². The molecule has 1 aliphatic rings. The molecule has 0 bridgehead atoms. The lowest BCUT2D eigenvalue weighted by Crippen LogP contribution is -2.26. The van der Waals surface area contributed by atoms with Crippen molar-refractivity contribution in [3.8, 4) is 0 Å². The molecule has 0 spiro atoms. The molecule has 0 saturated carbocycles. The summed E-state index contributed by atoms with van der Waals surface area (Å²) < 4.78 is 6.70. The number of hydrogen-bond donors (Lipinski definition) is 1. The van der Waals surface area contributed by atoms with E-state index in [1.54, 1.807) is 10.6 Å². The maximum absolute atomic E-state index is 12.9. The molecule has 7 nitrogen and oxygen atoms in total. The van der Waals surface area contributed by atoms with Crippen LogP contribution in [-0.4, -0.2) is 34.3 Å². The second-order valence-electron chi connectivity index (χ2n) is 10.1. The van der Waals surface area contributed by atoms with Gasteiger partial charge in [0.1, 0.15) is 5.00 Å². The normalized spacial score (nSPS) is 15.5. The van der Waals surface area contributed by atoms with E-state index in [0.717, 1.165) is 24.8 Å². The number of ether oxygens (including phenoxy) is 1. The van der Waals surface area contributed by atoms with Crippen molar-refractivity contribution in [3.05, 3.63) is 50.6 Å². The molecule has 3 aromatic rings. The van der Waals surface area contributed by atoms with Crippen molar-refractivity contribution in [1.82, 2.24) is 9.55 Å². The molecule has 0 saturated heterocycles. The minimum atomic E-state index is -0.404. The molecular formula is C27H33N3O4S2. The highest BCUT2D eigenvalue weighted by Crippen LogP contribution is 2.44. The largest absolute Gasteiger partial charge is 0.465 e. The lowest BCUT2D eigenvalue weighted by atomic mass is 9.72. The number of methoxy groups -OCH3 is 1. The molecule has 192 valence electrons. The second-order valence-corrected chi connectivity index (χ2v) is 12.3. The first-order valence-electron chi connectivity index (χ1n) is 12.3. The Hall–Kier alpha value is -2.65. The number of hydrogen-bond acceptors (Lipinski definition) is 7. The van der Waals surface area contributed by atoms with Gasteiger partial charge in [-0.05, 0) is 55.2 Å². The van der Waals surface area contributed by atoms with Gasteiger partial charge >= 0.3 is 5.97 Å². The van der Waals surface area contributed by atoms with E-state index in [4.69, 9.17) is 4.74 Å². The Kier molecular flexibility index (Phi) is 7.90. The zero-order chi connectivity index (χ0) is 26.0. The van der Waals surface area contributed by atoms with Crippen LogP contribution in [0.2, 0.25) is 0 Å². The fraction of sp³-hybridized carbons (Fsp3) is 0.481. The lowest BCUT2D eigenvalue weighted by Gasteiger charge is -2.33. The highest BCUT2D eigenvalue weighted by molar-refractivity contribution is 7.99. The minimum absolute atomic E-state index is 0.0736. The van der Waals surface area contributed by atoms with Gasteiger partial charge in [0, 0.05) is 23.6 Å². The van der Waals surface area contributed by atoms with Crippen molar-refractivity contribution < 1.29 is 14.3 Å². The quantitative estimate of drug-likeness (QED) is 0.247. The Labute approximate surface area is 219 Å². The number of nitrogens with zero attached hydrogens (tertiary/aromatic N) is 2. The van der Waals surface area contributed by atoms with E-state index in [2.05, 4.69) is 31.1 Å². The van der Waals surface area contributed by atoms with Gasteiger partial charge in [-0.2, -0.15) is 0 Å². The smallest absolute Gasteiger partial charge is 0.341 e. The van der Waals surface area contributed by atoms with Crippen molar-refractivity contribution in [2.75, 3.05) is 18.2 Å². The molecule has 2 aromatic heterocycles. The number of thioether (sulfide) groups is 1. The molecule has 0 fully saturated rings. The van der Waals surface area contributed by atoms with E-state index < -0.39 is 5.97 Å². The summed E-state index contributed by atoms with van der Waals surface area (Å²) in [4.78, 5) is 44.1. The summed E-state index contributed by atoms with van der Waals surface area (Å²) in [5.41, 5.74) is 2.28. The molecule has 0 aliphatic heterocycles. The summed E-state index contributed by atoms with van der Waals surface area (Å²) >= 11 is 2.88. The molecule has 36 heavy (non-hydrogen) atoms. The van der Waals surface area contributed by atoms with Crippen LogP contribution in [0.15, 0.2) is 34.2 Å². The van der Waals surface area contributed by atoms with Crippen LogP contribution in [0.25, 0.3) is 10.9 Å². The average Bonchev–Trinajstić information content (AvgIpc) is 3.20. The van der Waals surface area contributed by atoms with E-state index in [1.807, 2.05) is 25.1 Å². The number of para-hydroxylation sites is 1. The molecule has 2 heterocycles. The van der Waals surface area contributed by atoms with E-state index >= 15 is 0 Å². The molecule has 1 unspecified atom stereocenters. The van der Waals surface area contributed by atoms with Crippen molar-refractivity contribution in [2.24, 2.45) is 11.3 Å². The van der Waals surface area contributed by atoms with Crippen molar-refractivity contribution >= 4 is 50.9 Å². The van der Waals surface area contributed by atoms with Gasteiger partial charge in [0.25, 0.3) is 5.56 Å². The van der Waals surface area contributed by atoms with Gasteiger partial charge in [0.15, 0.2) is 5.16 Å². The number of esters is 1. The molecule has 9 heteroatoms. The molecule has 0 radical (unpaired) electrons. The number of thiophene rings is 1. The van der Waals surface area contributed by atoms with Crippen LogP contribution in [0.3, 0.4) is 0 Å². The monoisotopic (exact) mass is 527 g/mol. The predicted octanol–water partition coefficient (Wildman–Crippen LogP) is 5.54. The number of nitrogens with one attached hydrogen (secondary N) is 1. The Morgan fingerprint density at radius 2 is 2.03 bits per heavy atom. The Bertz CT molecular complexity index is 1350. The third-order valence-corrected chi connectivity index (χ3v) is 8.98. The topological polar surface area (TPSA) is 90.3 Å². The third kappa shape index (κ3) is 5.37. The molecule has 1 aromatic carbocycles. The van der Waals surface area contributed by atoms with Gasteiger partial charge in [-0.25, -0.2) is 9.78 Å². The summed E-state index contributed by atoms with van der Waals surface area (Å²) in [5.74, 6) is 0.407. The van der Waals surface area contributed by atoms with Crippen LogP contribution in [0.4, 0.5) is 5.00 Å². The highest BCUT2D eigenvalue weighted by Gasteiger charge is 2.34. The summed E-state index contributed by atoms with van der Waals surface area (Å²) in [5, 5.41) is 4.73. The van der Waals surface area contributed by atoms with Crippen LogP contribution in [0.5, 0.6) is 0 Å². The zero-order valence-electron chi connectivity index (χ0n) is 21.5. The van der Waals surface area contributed by atoms with Gasteiger partial charge in [0.2, 0.25) is 5.91 Å². The van der Waals surface area contributed by atoms with Crippen molar-refractivity contribution in [3.63, 3.8) is 0 Å². The number of amides is 1. The fourth-order valence-electron chi connectivity index (χ4n) is 4.69. The Balaban J connectivity index is 1.48. The lowest BCUT2D eigenvalue weighted by molar-refractivity contribution is -0.115. The SMILES string of the molecule is CCn1c(SCCC(=O)Nc2sc3c(c2C(=O)OC)CCC(C(C)(C)C)C3)nc2ccccc2c1=O. The Morgan fingerprint density at radius 1 is 1.28 bits per heavy atom. The average molecular weight is 528 g/mol. The molecule has 1 aliphatic carbocycles. The fourth-order valence-corrected chi connectivity index (χ4v) is 7.02. The van der Waals surface area contributed by atoms with Gasteiger partial charge < -0.3 is 10.1 Å². The zero-order valence-corrected chi connectivity index (χ0v) is 23.1. The van der Waals surface area contributed by atoms with Crippen LogP contribution in [0.1, 0.15) is 61.3 Å². The van der Waals surface area contributed by atoms with Gasteiger partial charge in [-0.1, -0.05) is 44.7 Å². The Morgan fingerprint density at radius 3 is 2.72 bits per heavy atom. The summed E-state index contributed by atoms with van der Waals surface area (Å²) in [6, 6.07) is 7.29. The van der Waals surface area contributed by atoms with E-state index in [-0.39, 0.29) is 23.3 Å². The molecular weight excluding hydrogens is 494 g/mol. The van der Waals surface area contributed by atoms with E-state index in [1.165, 1.54) is 35.1 Å². The number of carbonyl (C=O) groups excluding carboxylic acids is 2. The molecule has 4 rings (SSSR count). The van der Waals surface area contributed by atoms with Crippen LogP contribution < -0.4 is 10.9 Å². The summed E-state index contributed by atoms with van der Waals surface area (Å²) in [6.45, 7) is 9.16. The predicted molar refractivity (Wildman–Crippen MR) is 146 cm³/mol. The van der Waals surface area contributed by atoms with Gasteiger partial charge in [-0.15, -0.1) is 11.3 Å². The highest BCUT2D eigenvalue weighted by atomic mass is 32.2. The molecule has 1 N–H and O–H groups in total. The van der Waals surface area contributed by atoms with E-state index in [9.17, 15) is 14.4 Å². The van der Waals surface area contributed by atoms with Crippen LogP contribution in [0, 0.1) is 11.3 Å². The first kappa shape index (κ1) is 26.4. The van der Waals surface area contributed by atoms with Crippen LogP contribution in [-0.2, 0) is 28.9 Å². The first-order chi connectivity index (χ1) is 17.1. The minimum Gasteiger partial charge on any atom is -0.465 e. The third-order valence-electron chi connectivity index (χ3n) is 6.84. The van der Waals surface area contributed by atoms with E-state index in [0.29, 0.717) is 44.8 Å². The number of aromatic nitrogens is 2. The summed E-state index contributed by atoms with van der Waals surface area (Å²) in [6.07, 6.45) is 2.96. The van der Waals surface area contributed by atoms with Gasteiger partial charge in [-0.3, -0.25) is 14.2 Å². The number of fused-ring (bicyclic) bond motifs is 2. The number of benzene rings is 1. The summed E-state index contributed by atoms with van der Waals surface area (Å²) in [7, 11) is 1.37. The molecule has 1 amide bonds. The maximum Gasteiger partial charge on any atom is 0.341 e. The second kappa shape index (κ2) is 10.8.